The molecule has 3 N–H and O–H groups in total. The maximum atomic E-state index is 7.59. The van der Waals surface area contributed by atoms with Crippen LogP contribution in [0, 0.1) is 5.41 Å². The molecule has 1 atom stereocenters. The highest BCUT2D eigenvalue weighted by molar-refractivity contribution is 5.77. The monoisotopic (exact) mass is 256 g/mol. The third kappa shape index (κ3) is 3.22. The summed E-state index contributed by atoms with van der Waals surface area (Å²) in [7, 11) is 0. The number of aromatic nitrogens is 2. The van der Waals surface area contributed by atoms with Crippen LogP contribution in [0.3, 0.4) is 0 Å². The van der Waals surface area contributed by atoms with Crippen LogP contribution in [-0.4, -0.2) is 15.4 Å². The Labute approximate surface area is 113 Å². The lowest BCUT2D eigenvalue weighted by molar-refractivity contribution is 0.567. The van der Waals surface area contributed by atoms with Gasteiger partial charge in [0.25, 0.3) is 0 Å². The molecule has 0 fully saturated rings. The number of nitrogens with one attached hydrogen (secondary N) is 1. The molecular formula is C15H20N4. The number of imidazole rings is 1. The summed E-state index contributed by atoms with van der Waals surface area (Å²) >= 11 is 0. The zero-order valence-electron chi connectivity index (χ0n) is 11.2. The SMILES string of the molecule is CCCc1nccn1C(CC(=N)N)c1ccccc1. The van der Waals surface area contributed by atoms with Crippen molar-refractivity contribution in [1.82, 2.24) is 9.55 Å². The van der Waals surface area contributed by atoms with Gasteiger partial charge in [-0.25, -0.2) is 4.98 Å². The summed E-state index contributed by atoms with van der Waals surface area (Å²) in [5.41, 5.74) is 6.77. The first-order chi connectivity index (χ1) is 9.22. The van der Waals surface area contributed by atoms with Crippen molar-refractivity contribution in [2.24, 2.45) is 5.73 Å². The summed E-state index contributed by atoms with van der Waals surface area (Å²) in [5, 5.41) is 7.59. The molecule has 0 aliphatic heterocycles. The number of amidine groups is 1. The minimum atomic E-state index is 0.0581. The van der Waals surface area contributed by atoms with Crippen LogP contribution >= 0.6 is 0 Å². The molecule has 0 radical (unpaired) electrons. The van der Waals surface area contributed by atoms with Crippen molar-refractivity contribution < 1.29 is 0 Å². The van der Waals surface area contributed by atoms with Gasteiger partial charge in [0.05, 0.1) is 11.9 Å². The fraction of sp³-hybridized carbons (Fsp3) is 0.333. The van der Waals surface area contributed by atoms with Gasteiger partial charge >= 0.3 is 0 Å². The summed E-state index contributed by atoms with van der Waals surface area (Å²) in [4.78, 5) is 4.41. The van der Waals surface area contributed by atoms with E-state index in [-0.39, 0.29) is 11.9 Å². The molecular weight excluding hydrogens is 236 g/mol. The Balaban J connectivity index is 2.37. The van der Waals surface area contributed by atoms with E-state index >= 15 is 0 Å². The molecule has 0 saturated carbocycles. The van der Waals surface area contributed by atoms with Gasteiger partial charge in [-0.3, -0.25) is 5.41 Å². The van der Waals surface area contributed by atoms with Crippen molar-refractivity contribution in [2.45, 2.75) is 32.2 Å². The van der Waals surface area contributed by atoms with E-state index in [1.165, 1.54) is 0 Å². The van der Waals surface area contributed by atoms with Crippen LogP contribution in [0.1, 0.15) is 37.2 Å². The van der Waals surface area contributed by atoms with Crippen molar-refractivity contribution in [3.05, 3.63) is 54.1 Å². The van der Waals surface area contributed by atoms with Crippen LogP contribution in [0.15, 0.2) is 42.7 Å². The summed E-state index contributed by atoms with van der Waals surface area (Å²) in [5.74, 6) is 1.25. The Morgan fingerprint density at radius 1 is 1.37 bits per heavy atom. The van der Waals surface area contributed by atoms with E-state index in [1.54, 1.807) is 0 Å². The molecule has 2 aromatic rings. The number of nitrogens with zero attached hydrogens (tertiary/aromatic N) is 2. The summed E-state index contributed by atoms with van der Waals surface area (Å²) in [6, 6.07) is 10.2. The Morgan fingerprint density at radius 3 is 2.74 bits per heavy atom. The third-order valence-corrected chi connectivity index (χ3v) is 3.16. The predicted octanol–water partition coefficient (Wildman–Crippen LogP) is 2.75. The second kappa shape index (κ2) is 6.18. The number of hydrogen-bond donors (Lipinski definition) is 2. The van der Waals surface area contributed by atoms with Crippen LogP contribution in [0.4, 0.5) is 0 Å². The van der Waals surface area contributed by atoms with Crippen molar-refractivity contribution in [1.29, 1.82) is 5.41 Å². The van der Waals surface area contributed by atoms with Crippen molar-refractivity contribution in [3.8, 4) is 0 Å². The van der Waals surface area contributed by atoms with E-state index in [0.717, 1.165) is 24.2 Å². The quantitative estimate of drug-likeness (QED) is 0.616. The van der Waals surface area contributed by atoms with E-state index in [1.807, 2.05) is 30.6 Å². The molecule has 1 aromatic carbocycles. The lowest BCUT2D eigenvalue weighted by atomic mass is 10.0. The molecule has 4 nitrogen and oxygen atoms in total. The molecule has 2 rings (SSSR count). The van der Waals surface area contributed by atoms with Gasteiger partial charge in [-0.2, -0.15) is 0 Å². The second-order valence-electron chi connectivity index (χ2n) is 4.66. The van der Waals surface area contributed by atoms with Crippen LogP contribution in [0.5, 0.6) is 0 Å². The first-order valence-corrected chi connectivity index (χ1v) is 6.62. The Hall–Kier alpha value is -2.10. The van der Waals surface area contributed by atoms with E-state index in [2.05, 4.69) is 28.6 Å². The topological polar surface area (TPSA) is 67.7 Å². The Bertz CT molecular complexity index is 530. The van der Waals surface area contributed by atoms with Gasteiger partial charge in [-0.05, 0) is 12.0 Å². The number of benzene rings is 1. The van der Waals surface area contributed by atoms with Crippen LogP contribution in [0.25, 0.3) is 0 Å². The summed E-state index contributed by atoms with van der Waals surface area (Å²) in [6.45, 7) is 2.14. The number of aryl methyl sites for hydroxylation is 1. The Morgan fingerprint density at radius 2 is 2.11 bits per heavy atom. The minimum Gasteiger partial charge on any atom is -0.388 e. The summed E-state index contributed by atoms with van der Waals surface area (Å²) < 4.78 is 2.14. The molecule has 1 aromatic heterocycles. The predicted molar refractivity (Wildman–Crippen MR) is 77.3 cm³/mol. The summed E-state index contributed by atoms with van der Waals surface area (Å²) in [6.07, 6.45) is 6.30. The minimum absolute atomic E-state index is 0.0581. The standard InChI is InChI=1S/C15H20N4/c1-2-6-15-18-9-10-19(15)13(11-14(16)17)12-7-4-3-5-8-12/h3-5,7-10,13H,2,6,11H2,1H3,(H3,16,17). The molecule has 0 aliphatic carbocycles. The first kappa shape index (κ1) is 13.3. The normalized spacial score (nSPS) is 12.3. The maximum absolute atomic E-state index is 7.59. The highest BCUT2D eigenvalue weighted by Gasteiger charge is 2.17. The van der Waals surface area contributed by atoms with Crippen molar-refractivity contribution in [3.63, 3.8) is 0 Å². The van der Waals surface area contributed by atoms with Gasteiger partial charge in [-0.1, -0.05) is 37.3 Å². The fourth-order valence-corrected chi connectivity index (χ4v) is 2.31. The van der Waals surface area contributed by atoms with Gasteiger partial charge in [0, 0.05) is 25.2 Å². The lowest BCUT2D eigenvalue weighted by Gasteiger charge is -2.21. The largest absolute Gasteiger partial charge is 0.388 e. The van der Waals surface area contributed by atoms with Gasteiger partial charge in [0.2, 0.25) is 0 Å². The number of nitrogens with two attached hydrogens (primary N) is 1. The van der Waals surface area contributed by atoms with Gasteiger partial charge in [0.1, 0.15) is 5.82 Å². The zero-order chi connectivity index (χ0) is 13.7. The zero-order valence-corrected chi connectivity index (χ0v) is 11.2. The van der Waals surface area contributed by atoms with Gasteiger partial charge in [-0.15, -0.1) is 0 Å². The van der Waals surface area contributed by atoms with Gasteiger partial charge in [0.15, 0.2) is 0 Å². The van der Waals surface area contributed by atoms with Gasteiger partial charge < -0.3 is 10.3 Å². The average Bonchev–Trinajstić information content (AvgIpc) is 2.85. The van der Waals surface area contributed by atoms with E-state index in [9.17, 15) is 0 Å². The third-order valence-electron chi connectivity index (χ3n) is 3.16. The van der Waals surface area contributed by atoms with Crippen LogP contribution in [-0.2, 0) is 6.42 Å². The fourth-order valence-electron chi connectivity index (χ4n) is 2.31. The molecule has 4 heteroatoms. The van der Waals surface area contributed by atoms with E-state index in [0.29, 0.717) is 6.42 Å². The highest BCUT2D eigenvalue weighted by Crippen LogP contribution is 2.23. The molecule has 100 valence electrons. The molecule has 0 amide bonds. The first-order valence-electron chi connectivity index (χ1n) is 6.62. The number of rotatable bonds is 6. The lowest BCUT2D eigenvalue weighted by Crippen LogP contribution is -2.21. The second-order valence-corrected chi connectivity index (χ2v) is 4.66. The Kier molecular flexibility index (Phi) is 4.34. The smallest absolute Gasteiger partial charge is 0.109 e. The molecule has 0 saturated heterocycles. The number of hydrogen-bond acceptors (Lipinski definition) is 2. The molecule has 1 heterocycles. The highest BCUT2D eigenvalue weighted by atomic mass is 15.1. The average molecular weight is 256 g/mol. The molecule has 19 heavy (non-hydrogen) atoms. The van der Waals surface area contributed by atoms with Crippen molar-refractivity contribution >= 4 is 5.84 Å². The van der Waals surface area contributed by atoms with E-state index < -0.39 is 0 Å². The molecule has 1 unspecified atom stereocenters. The molecule has 0 bridgehead atoms. The van der Waals surface area contributed by atoms with Crippen LogP contribution in [0.2, 0.25) is 0 Å². The van der Waals surface area contributed by atoms with Crippen molar-refractivity contribution in [2.75, 3.05) is 0 Å². The maximum Gasteiger partial charge on any atom is 0.109 e. The van der Waals surface area contributed by atoms with Crippen LogP contribution < -0.4 is 5.73 Å². The molecule has 0 spiro atoms. The molecule has 0 aliphatic rings. The van der Waals surface area contributed by atoms with E-state index in [4.69, 9.17) is 11.1 Å².